The molecule has 0 spiro atoms. The molecule has 1 atom stereocenters. The summed E-state index contributed by atoms with van der Waals surface area (Å²) in [5.74, 6) is 0.125. The van der Waals surface area contributed by atoms with Crippen molar-refractivity contribution in [3.8, 4) is 16.9 Å². The molecule has 1 aliphatic rings. The number of primary amides is 1. The predicted molar refractivity (Wildman–Crippen MR) is 119 cm³/mol. The molecule has 0 radical (unpaired) electrons. The number of hydrogen-bond acceptors (Lipinski definition) is 4. The molecule has 2 N–H and O–H groups in total. The van der Waals surface area contributed by atoms with E-state index in [4.69, 9.17) is 10.5 Å². The zero-order chi connectivity index (χ0) is 21.8. The normalized spacial score (nSPS) is 18.0. The highest BCUT2D eigenvalue weighted by Gasteiger charge is 2.45. The van der Waals surface area contributed by atoms with Crippen molar-refractivity contribution in [2.24, 2.45) is 11.1 Å². The van der Waals surface area contributed by atoms with Crippen molar-refractivity contribution >= 4 is 11.8 Å². The van der Waals surface area contributed by atoms with Gasteiger partial charge in [-0.05, 0) is 59.9 Å². The molecular weight excluding hydrogens is 390 g/mol. The van der Waals surface area contributed by atoms with Gasteiger partial charge in [0.1, 0.15) is 5.75 Å². The van der Waals surface area contributed by atoms with Crippen LogP contribution in [-0.4, -0.2) is 41.9 Å². The number of carbonyl (C=O) groups is 2. The van der Waals surface area contributed by atoms with E-state index in [1.807, 2.05) is 36.4 Å². The molecule has 1 fully saturated rings. The number of nitrogens with two attached hydrogens (primary N) is 1. The Balaban J connectivity index is 1.61. The van der Waals surface area contributed by atoms with Gasteiger partial charge in [-0.2, -0.15) is 0 Å². The third-order valence-corrected chi connectivity index (χ3v) is 6.02. The number of amides is 2. The Labute approximate surface area is 181 Å². The molecule has 6 nitrogen and oxygen atoms in total. The Hall–Kier alpha value is -3.67. The standard InChI is InChI=1S/C25H25N3O3/c1-31-21-7-4-6-19(15-21)23(29)28-14-11-25(17-28,24(26)30)16-20-5-2-3-8-22(20)18-9-12-27-13-10-18/h2-10,12-13,15H,11,14,16-17H2,1H3,(H2,26,30)/t25-/m1/s1. The van der Waals surface area contributed by atoms with Gasteiger partial charge in [0.25, 0.3) is 5.91 Å². The summed E-state index contributed by atoms with van der Waals surface area (Å²) in [5, 5.41) is 0. The first-order chi connectivity index (χ1) is 15.0. The number of rotatable bonds is 6. The summed E-state index contributed by atoms with van der Waals surface area (Å²) in [6.07, 6.45) is 4.51. The molecule has 2 aromatic carbocycles. The van der Waals surface area contributed by atoms with Crippen molar-refractivity contribution < 1.29 is 14.3 Å². The van der Waals surface area contributed by atoms with Crippen LogP contribution in [-0.2, 0) is 11.2 Å². The number of aromatic nitrogens is 1. The van der Waals surface area contributed by atoms with E-state index in [1.165, 1.54) is 0 Å². The summed E-state index contributed by atoms with van der Waals surface area (Å²) in [5.41, 5.74) is 8.75. The second-order valence-corrected chi connectivity index (χ2v) is 7.92. The molecule has 31 heavy (non-hydrogen) atoms. The minimum atomic E-state index is -0.808. The summed E-state index contributed by atoms with van der Waals surface area (Å²) >= 11 is 0. The molecule has 0 unspecified atom stereocenters. The van der Waals surface area contributed by atoms with Gasteiger partial charge in [-0.15, -0.1) is 0 Å². The molecule has 0 saturated carbocycles. The highest BCUT2D eigenvalue weighted by Crippen LogP contribution is 2.37. The van der Waals surface area contributed by atoms with Crippen molar-refractivity contribution in [3.63, 3.8) is 0 Å². The van der Waals surface area contributed by atoms with Crippen LogP contribution in [0.4, 0.5) is 0 Å². The lowest BCUT2D eigenvalue weighted by Crippen LogP contribution is -2.42. The first-order valence-electron chi connectivity index (χ1n) is 10.2. The second kappa shape index (κ2) is 8.60. The number of ether oxygens (including phenoxy) is 1. The van der Waals surface area contributed by atoms with Crippen LogP contribution in [0.3, 0.4) is 0 Å². The molecule has 2 heterocycles. The quantitative estimate of drug-likeness (QED) is 0.669. The van der Waals surface area contributed by atoms with Crippen LogP contribution in [0.15, 0.2) is 73.1 Å². The number of nitrogens with zero attached hydrogens (tertiary/aromatic N) is 2. The topological polar surface area (TPSA) is 85.5 Å². The molecule has 1 aromatic heterocycles. The van der Waals surface area contributed by atoms with Crippen LogP contribution in [0.2, 0.25) is 0 Å². The fourth-order valence-electron chi connectivity index (χ4n) is 4.27. The van der Waals surface area contributed by atoms with Crippen molar-refractivity contribution in [1.29, 1.82) is 0 Å². The lowest BCUT2D eigenvalue weighted by Gasteiger charge is -2.27. The summed E-state index contributed by atoms with van der Waals surface area (Å²) in [4.78, 5) is 31.5. The molecule has 6 heteroatoms. The lowest BCUT2D eigenvalue weighted by molar-refractivity contribution is -0.126. The van der Waals surface area contributed by atoms with Gasteiger partial charge in [-0.25, -0.2) is 0 Å². The second-order valence-electron chi connectivity index (χ2n) is 7.92. The molecule has 158 valence electrons. The van der Waals surface area contributed by atoms with Crippen molar-refractivity contribution in [2.75, 3.05) is 20.2 Å². The number of carbonyl (C=O) groups excluding carboxylic acids is 2. The summed E-state index contributed by atoms with van der Waals surface area (Å²) in [7, 11) is 1.57. The van der Waals surface area contributed by atoms with E-state index >= 15 is 0 Å². The molecule has 0 bridgehead atoms. The fourth-order valence-corrected chi connectivity index (χ4v) is 4.27. The van der Waals surface area contributed by atoms with E-state index in [1.54, 1.807) is 48.7 Å². The van der Waals surface area contributed by atoms with Crippen LogP contribution in [0.5, 0.6) is 5.75 Å². The highest BCUT2D eigenvalue weighted by molar-refractivity contribution is 5.95. The largest absolute Gasteiger partial charge is 0.497 e. The van der Waals surface area contributed by atoms with E-state index in [2.05, 4.69) is 4.98 Å². The van der Waals surface area contributed by atoms with Gasteiger partial charge in [0.05, 0.1) is 12.5 Å². The first kappa shape index (κ1) is 20.6. The third kappa shape index (κ3) is 4.14. The minimum Gasteiger partial charge on any atom is -0.497 e. The molecule has 1 saturated heterocycles. The van der Waals surface area contributed by atoms with Gasteiger partial charge < -0.3 is 15.4 Å². The Kier molecular flexibility index (Phi) is 5.71. The maximum absolute atomic E-state index is 13.1. The molecule has 1 aliphatic heterocycles. The maximum atomic E-state index is 13.1. The van der Waals surface area contributed by atoms with Crippen LogP contribution in [0.1, 0.15) is 22.3 Å². The molecule has 2 amide bonds. The van der Waals surface area contributed by atoms with Crippen LogP contribution in [0.25, 0.3) is 11.1 Å². The monoisotopic (exact) mass is 415 g/mol. The van der Waals surface area contributed by atoms with Crippen LogP contribution in [0, 0.1) is 5.41 Å². The van der Waals surface area contributed by atoms with Gasteiger partial charge in [-0.1, -0.05) is 30.3 Å². The molecule has 0 aliphatic carbocycles. The summed E-state index contributed by atoms with van der Waals surface area (Å²) in [6, 6.07) is 18.9. The number of benzene rings is 2. The lowest BCUT2D eigenvalue weighted by atomic mass is 9.78. The van der Waals surface area contributed by atoms with Gasteiger partial charge in [0, 0.05) is 31.0 Å². The van der Waals surface area contributed by atoms with E-state index in [0.717, 1.165) is 16.7 Å². The average molecular weight is 415 g/mol. The van der Waals surface area contributed by atoms with Gasteiger partial charge in [0.2, 0.25) is 5.91 Å². The fraction of sp³-hybridized carbons (Fsp3) is 0.240. The smallest absolute Gasteiger partial charge is 0.254 e. The Morgan fingerprint density at radius 1 is 1.10 bits per heavy atom. The maximum Gasteiger partial charge on any atom is 0.254 e. The Morgan fingerprint density at radius 3 is 2.61 bits per heavy atom. The zero-order valence-corrected chi connectivity index (χ0v) is 17.5. The Bertz CT molecular complexity index is 1100. The molecule has 4 rings (SSSR count). The van der Waals surface area contributed by atoms with E-state index in [9.17, 15) is 9.59 Å². The van der Waals surface area contributed by atoms with Crippen molar-refractivity contribution in [1.82, 2.24) is 9.88 Å². The predicted octanol–water partition coefficient (Wildman–Crippen LogP) is 3.32. The van der Waals surface area contributed by atoms with Crippen molar-refractivity contribution in [3.05, 3.63) is 84.2 Å². The number of pyridine rings is 1. The van der Waals surface area contributed by atoms with Gasteiger partial charge >= 0.3 is 0 Å². The summed E-state index contributed by atoms with van der Waals surface area (Å²) in [6.45, 7) is 0.777. The summed E-state index contributed by atoms with van der Waals surface area (Å²) < 4.78 is 5.23. The number of likely N-dealkylation sites (tertiary alicyclic amines) is 1. The van der Waals surface area contributed by atoms with E-state index in [-0.39, 0.29) is 11.8 Å². The van der Waals surface area contributed by atoms with Gasteiger partial charge in [-0.3, -0.25) is 14.6 Å². The van der Waals surface area contributed by atoms with E-state index in [0.29, 0.717) is 37.2 Å². The number of hydrogen-bond donors (Lipinski definition) is 1. The average Bonchev–Trinajstić information content (AvgIpc) is 3.25. The zero-order valence-electron chi connectivity index (χ0n) is 17.5. The third-order valence-electron chi connectivity index (χ3n) is 6.02. The van der Waals surface area contributed by atoms with Gasteiger partial charge in [0.15, 0.2) is 0 Å². The minimum absolute atomic E-state index is 0.121. The Morgan fingerprint density at radius 2 is 1.87 bits per heavy atom. The molecule has 3 aromatic rings. The molecular formula is C25H25N3O3. The van der Waals surface area contributed by atoms with E-state index < -0.39 is 5.41 Å². The number of methoxy groups -OCH3 is 1. The van der Waals surface area contributed by atoms with Crippen LogP contribution >= 0.6 is 0 Å². The first-order valence-corrected chi connectivity index (χ1v) is 10.2. The SMILES string of the molecule is COc1cccc(C(=O)N2CC[C@](Cc3ccccc3-c3ccncc3)(C(N)=O)C2)c1. The highest BCUT2D eigenvalue weighted by atomic mass is 16.5. The van der Waals surface area contributed by atoms with Crippen molar-refractivity contribution in [2.45, 2.75) is 12.8 Å². The van der Waals surface area contributed by atoms with Crippen LogP contribution < -0.4 is 10.5 Å².